The molecule has 0 spiro atoms. The molecular formula is C20H39NO3S. The predicted molar refractivity (Wildman–Crippen MR) is 109 cm³/mol. The average Bonchev–Trinajstić information content (AvgIpc) is 2.61. The van der Waals surface area contributed by atoms with Crippen molar-refractivity contribution in [3.8, 4) is 0 Å². The maximum Gasteiger partial charge on any atom is 0.246 e. The number of thiol groups is 1. The lowest BCUT2D eigenvalue weighted by atomic mass is 10.1. The molecule has 0 aromatic carbocycles. The van der Waals surface area contributed by atoms with Crippen LogP contribution in [0.25, 0.3) is 0 Å². The fourth-order valence-electron chi connectivity index (χ4n) is 2.75. The molecule has 0 aliphatic heterocycles. The number of nitrogens with one attached hydrogen (secondary N) is 1. The van der Waals surface area contributed by atoms with E-state index in [4.69, 9.17) is 4.74 Å². The minimum atomic E-state index is -0.216. The van der Waals surface area contributed by atoms with Crippen molar-refractivity contribution < 1.29 is 14.6 Å². The molecule has 0 rings (SSSR count). The minimum Gasteiger partial charge on any atom is -0.394 e. The molecule has 0 radical (unpaired) electrons. The molecule has 2 N–H and O–H groups in total. The summed E-state index contributed by atoms with van der Waals surface area (Å²) in [5.74, 6) is 0.842. The Morgan fingerprint density at radius 3 is 2.08 bits per heavy atom. The van der Waals surface area contributed by atoms with Crippen molar-refractivity contribution in [1.82, 2.24) is 5.32 Å². The second-order valence-electron chi connectivity index (χ2n) is 6.63. The monoisotopic (exact) mass is 373 g/mol. The van der Waals surface area contributed by atoms with Crippen LogP contribution in [0.15, 0.2) is 12.2 Å². The SMILES string of the molecule is COCC(=O)NC(CO)C/C=C/CCCCCCCCCCCCS. The maximum atomic E-state index is 11.4. The fraction of sp³-hybridized carbons (Fsp3) is 0.850. The van der Waals surface area contributed by atoms with Gasteiger partial charge in [0.25, 0.3) is 0 Å². The Labute approximate surface area is 160 Å². The quantitative estimate of drug-likeness (QED) is 0.191. The Balaban J connectivity index is 3.40. The van der Waals surface area contributed by atoms with Crippen LogP contribution in [0, 0.1) is 0 Å². The molecule has 1 amide bonds. The summed E-state index contributed by atoms with van der Waals surface area (Å²) in [6.45, 7) is -0.00961. The van der Waals surface area contributed by atoms with Gasteiger partial charge >= 0.3 is 0 Å². The molecule has 1 unspecified atom stereocenters. The first-order valence-corrected chi connectivity index (χ1v) is 10.5. The zero-order valence-corrected chi connectivity index (χ0v) is 16.9. The van der Waals surface area contributed by atoms with Gasteiger partial charge in [0.1, 0.15) is 6.61 Å². The number of allylic oxidation sites excluding steroid dienone is 1. The van der Waals surface area contributed by atoms with Gasteiger partial charge in [-0.2, -0.15) is 12.6 Å². The minimum absolute atomic E-state index is 0.0376. The van der Waals surface area contributed by atoms with Crippen LogP contribution in [0.2, 0.25) is 0 Å². The van der Waals surface area contributed by atoms with Crippen molar-refractivity contribution in [3.63, 3.8) is 0 Å². The van der Waals surface area contributed by atoms with E-state index >= 15 is 0 Å². The molecule has 0 fully saturated rings. The standard InChI is InChI=1S/C20H39NO3S/c1-24-18-20(23)21-19(17-22)15-13-11-9-7-5-3-2-4-6-8-10-12-14-16-25/h11,13,19,22,25H,2-10,12,14-18H2,1H3,(H,21,23)/b13-11+. The molecule has 0 saturated heterocycles. The number of hydrogen-bond donors (Lipinski definition) is 3. The van der Waals surface area contributed by atoms with Gasteiger partial charge in [-0.05, 0) is 31.4 Å². The van der Waals surface area contributed by atoms with E-state index in [9.17, 15) is 9.90 Å². The van der Waals surface area contributed by atoms with E-state index in [-0.39, 0.29) is 25.2 Å². The van der Waals surface area contributed by atoms with Gasteiger partial charge in [0.05, 0.1) is 12.6 Å². The van der Waals surface area contributed by atoms with Crippen molar-refractivity contribution in [2.24, 2.45) is 0 Å². The van der Waals surface area contributed by atoms with Gasteiger partial charge in [0, 0.05) is 7.11 Å². The zero-order chi connectivity index (χ0) is 18.6. The topological polar surface area (TPSA) is 58.6 Å². The molecule has 148 valence electrons. The molecule has 5 heteroatoms. The highest BCUT2D eigenvalue weighted by Gasteiger charge is 2.08. The molecule has 0 saturated carbocycles. The van der Waals surface area contributed by atoms with Gasteiger partial charge in [-0.1, -0.05) is 63.5 Å². The largest absolute Gasteiger partial charge is 0.394 e. The summed E-state index contributed by atoms with van der Waals surface area (Å²) in [5.41, 5.74) is 0. The molecule has 0 aliphatic rings. The number of aliphatic hydroxyl groups excluding tert-OH is 1. The number of carbonyl (C=O) groups excluding carboxylic acids is 1. The third-order valence-corrected chi connectivity index (χ3v) is 4.54. The molecule has 25 heavy (non-hydrogen) atoms. The van der Waals surface area contributed by atoms with Gasteiger partial charge in [-0.25, -0.2) is 0 Å². The molecular weight excluding hydrogens is 334 g/mol. The molecule has 1 atom stereocenters. The van der Waals surface area contributed by atoms with E-state index in [1.807, 2.05) is 0 Å². The normalized spacial score (nSPS) is 12.6. The number of methoxy groups -OCH3 is 1. The van der Waals surface area contributed by atoms with Gasteiger partial charge < -0.3 is 15.2 Å². The van der Waals surface area contributed by atoms with Crippen LogP contribution in [0.4, 0.5) is 0 Å². The third-order valence-electron chi connectivity index (χ3n) is 4.23. The van der Waals surface area contributed by atoms with Crippen LogP contribution >= 0.6 is 12.6 Å². The first-order chi connectivity index (χ1) is 12.2. The van der Waals surface area contributed by atoms with Crippen LogP contribution in [0.3, 0.4) is 0 Å². The molecule has 0 aromatic heterocycles. The van der Waals surface area contributed by atoms with E-state index in [0.717, 1.165) is 12.2 Å². The van der Waals surface area contributed by atoms with Crippen LogP contribution in [0.1, 0.15) is 77.0 Å². The summed E-state index contributed by atoms with van der Waals surface area (Å²) < 4.78 is 4.76. The fourth-order valence-corrected chi connectivity index (χ4v) is 2.97. The molecule has 0 aliphatic carbocycles. The first-order valence-electron chi connectivity index (χ1n) is 9.89. The van der Waals surface area contributed by atoms with Gasteiger partial charge in [0.15, 0.2) is 0 Å². The van der Waals surface area contributed by atoms with Crippen LogP contribution < -0.4 is 5.32 Å². The lowest BCUT2D eigenvalue weighted by molar-refractivity contribution is -0.125. The first kappa shape index (κ1) is 24.5. The summed E-state index contributed by atoms with van der Waals surface area (Å²) in [7, 11) is 1.48. The van der Waals surface area contributed by atoms with Crippen LogP contribution in [-0.2, 0) is 9.53 Å². The highest BCUT2D eigenvalue weighted by molar-refractivity contribution is 7.80. The average molecular weight is 374 g/mol. The molecule has 0 heterocycles. The number of aliphatic hydroxyl groups is 1. The number of rotatable bonds is 18. The van der Waals surface area contributed by atoms with E-state index < -0.39 is 0 Å². The lowest BCUT2D eigenvalue weighted by Gasteiger charge is -2.13. The van der Waals surface area contributed by atoms with Crippen molar-refractivity contribution in [2.75, 3.05) is 26.1 Å². The Morgan fingerprint density at radius 2 is 1.56 bits per heavy atom. The third kappa shape index (κ3) is 18.1. The van der Waals surface area contributed by atoms with Crippen molar-refractivity contribution >= 4 is 18.5 Å². The number of hydrogen-bond acceptors (Lipinski definition) is 4. The number of unbranched alkanes of at least 4 members (excludes halogenated alkanes) is 10. The maximum absolute atomic E-state index is 11.4. The van der Waals surface area contributed by atoms with Gasteiger partial charge in [-0.15, -0.1) is 0 Å². The Bertz CT molecular complexity index is 324. The summed E-state index contributed by atoms with van der Waals surface area (Å²) in [4.78, 5) is 11.4. The number of ether oxygens (including phenoxy) is 1. The van der Waals surface area contributed by atoms with Crippen molar-refractivity contribution in [2.45, 2.75) is 83.1 Å². The summed E-state index contributed by atoms with van der Waals surface area (Å²) in [6.07, 6.45) is 19.2. The van der Waals surface area contributed by atoms with E-state index in [1.165, 1.54) is 71.3 Å². The van der Waals surface area contributed by atoms with Gasteiger partial charge in [0.2, 0.25) is 5.91 Å². The van der Waals surface area contributed by atoms with Crippen LogP contribution in [-0.4, -0.2) is 43.1 Å². The highest BCUT2D eigenvalue weighted by atomic mass is 32.1. The second-order valence-corrected chi connectivity index (χ2v) is 7.08. The lowest BCUT2D eigenvalue weighted by Crippen LogP contribution is -2.39. The summed E-state index contributed by atoms with van der Waals surface area (Å²) in [5, 5.41) is 12.0. The summed E-state index contributed by atoms with van der Waals surface area (Å²) in [6, 6.07) is -0.216. The molecule has 0 aromatic rings. The predicted octanol–water partition coefficient (Wildman–Crippen LogP) is 4.28. The number of amides is 1. The van der Waals surface area contributed by atoms with Crippen LogP contribution in [0.5, 0.6) is 0 Å². The summed E-state index contributed by atoms with van der Waals surface area (Å²) >= 11 is 4.23. The smallest absolute Gasteiger partial charge is 0.246 e. The van der Waals surface area contributed by atoms with E-state index in [1.54, 1.807) is 0 Å². The number of carbonyl (C=O) groups is 1. The van der Waals surface area contributed by atoms with Gasteiger partial charge in [-0.3, -0.25) is 4.79 Å². The second kappa shape index (κ2) is 19.8. The Hall–Kier alpha value is -0.520. The molecule has 0 bridgehead atoms. The van der Waals surface area contributed by atoms with E-state index in [0.29, 0.717) is 6.42 Å². The Kier molecular flexibility index (Phi) is 19.4. The zero-order valence-electron chi connectivity index (χ0n) is 16.0. The Morgan fingerprint density at radius 1 is 1.00 bits per heavy atom. The van der Waals surface area contributed by atoms with Crippen molar-refractivity contribution in [1.29, 1.82) is 0 Å². The highest BCUT2D eigenvalue weighted by Crippen LogP contribution is 2.11. The molecule has 4 nitrogen and oxygen atoms in total. The van der Waals surface area contributed by atoms with Crippen molar-refractivity contribution in [3.05, 3.63) is 12.2 Å². The van der Waals surface area contributed by atoms with E-state index in [2.05, 4.69) is 30.1 Å².